The molecule has 2 saturated carbocycles. The minimum absolute atomic E-state index is 0.0509. The maximum atomic E-state index is 13.5. The Kier molecular flexibility index (Phi) is 4.01. The highest BCUT2D eigenvalue weighted by molar-refractivity contribution is 5.93. The van der Waals surface area contributed by atoms with Gasteiger partial charge in [-0.3, -0.25) is 4.79 Å². The Morgan fingerprint density at radius 2 is 1.83 bits per heavy atom. The second kappa shape index (κ2) is 5.75. The number of hydrogen-bond acceptors (Lipinski definition) is 1. The molecular weight excluding hydrogens is 326 g/mol. The molecule has 0 aliphatic heterocycles. The predicted octanol–water partition coefficient (Wildman–Crippen LogP) is 2.77. The number of carbonyl (C=O) groups excluding carboxylic acids is 1. The van der Waals surface area contributed by atoms with Gasteiger partial charge in [0.25, 0.3) is 5.91 Å². The molecule has 24 heavy (non-hydrogen) atoms. The number of benzene rings is 1. The number of rotatable bonds is 2. The molecule has 130 valence electrons. The van der Waals surface area contributed by atoms with Crippen LogP contribution in [0.5, 0.6) is 0 Å². The molecule has 4 nitrogen and oxygen atoms in total. The van der Waals surface area contributed by atoms with Gasteiger partial charge in [0, 0.05) is 0 Å². The lowest BCUT2D eigenvalue weighted by Crippen LogP contribution is -2.31. The Bertz CT molecular complexity index is 697. The van der Waals surface area contributed by atoms with E-state index >= 15 is 0 Å². The van der Waals surface area contributed by atoms with E-state index < -0.39 is 35.3 Å². The van der Waals surface area contributed by atoms with Crippen molar-refractivity contribution in [3.05, 3.63) is 35.1 Å². The second-order valence-corrected chi connectivity index (χ2v) is 6.50. The molecule has 0 aromatic heterocycles. The highest BCUT2D eigenvalue weighted by Crippen LogP contribution is 2.57. The Balaban J connectivity index is 2.01. The van der Waals surface area contributed by atoms with Gasteiger partial charge in [0.15, 0.2) is 5.96 Å². The van der Waals surface area contributed by atoms with Crippen molar-refractivity contribution in [2.24, 2.45) is 34.2 Å². The van der Waals surface area contributed by atoms with Crippen molar-refractivity contribution < 1.29 is 22.4 Å². The van der Waals surface area contributed by atoms with E-state index in [-0.39, 0.29) is 17.8 Å². The third kappa shape index (κ3) is 2.85. The first-order valence-electron chi connectivity index (χ1n) is 7.68. The van der Waals surface area contributed by atoms with Crippen molar-refractivity contribution >= 4 is 11.9 Å². The van der Waals surface area contributed by atoms with Crippen molar-refractivity contribution in [3.8, 4) is 0 Å². The lowest BCUT2D eigenvalue weighted by atomic mass is 9.74. The van der Waals surface area contributed by atoms with Gasteiger partial charge in [0.2, 0.25) is 0 Å². The number of nitrogens with zero attached hydrogens (tertiary/aromatic N) is 1. The van der Waals surface area contributed by atoms with Crippen molar-refractivity contribution in [1.29, 1.82) is 0 Å². The zero-order valence-corrected chi connectivity index (χ0v) is 12.7. The van der Waals surface area contributed by atoms with Gasteiger partial charge in [-0.05, 0) is 54.7 Å². The molecule has 2 fully saturated rings. The van der Waals surface area contributed by atoms with Crippen LogP contribution in [0.1, 0.15) is 36.3 Å². The van der Waals surface area contributed by atoms with Crippen LogP contribution in [0.25, 0.3) is 0 Å². The van der Waals surface area contributed by atoms with E-state index in [1.54, 1.807) is 0 Å². The van der Waals surface area contributed by atoms with Gasteiger partial charge in [-0.2, -0.15) is 18.2 Å². The Hall–Kier alpha value is -2.12. The number of amides is 1. The molecule has 0 radical (unpaired) electrons. The molecule has 0 heterocycles. The number of halogens is 4. The van der Waals surface area contributed by atoms with Gasteiger partial charge >= 0.3 is 6.18 Å². The molecule has 4 atom stereocenters. The molecule has 8 heteroatoms. The van der Waals surface area contributed by atoms with Crippen molar-refractivity contribution in [2.75, 3.05) is 0 Å². The molecule has 2 aliphatic rings. The molecule has 1 amide bonds. The van der Waals surface area contributed by atoms with Crippen molar-refractivity contribution in [2.45, 2.75) is 31.4 Å². The van der Waals surface area contributed by atoms with Gasteiger partial charge in [0.1, 0.15) is 5.82 Å². The third-order valence-corrected chi connectivity index (χ3v) is 5.12. The van der Waals surface area contributed by atoms with Crippen LogP contribution in [0.15, 0.2) is 23.2 Å². The molecule has 2 unspecified atom stereocenters. The number of nitrogens with two attached hydrogens (primary N) is 2. The topological polar surface area (TPSA) is 81.5 Å². The zero-order chi connectivity index (χ0) is 17.6. The van der Waals surface area contributed by atoms with Gasteiger partial charge in [-0.1, -0.05) is 6.07 Å². The maximum Gasteiger partial charge on any atom is 0.419 e. The van der Waals surface area contributed by atoms with E-state index in [4.69, 9.17) is 11.5 Å². The zero-order valence-electron chi connectivity index (χ0n) is 12.7. The first kappa shape index (κ1) is 16.7. The van der Waals surface area contributed by atoms with Crippen LogP contribution >= 0.6 is 0 Å². The number of aliphatic imine (C=N–C) groups is 1. The van der Waals surface area contributed by atoms with E-state index in [9.17, 15) is 22.4 Å². The predicted molar refractivity (Wildman–Crippen MR) is 79.3 cm³/mol. The average Bonchev–Trinajstić information content (AvgIpc) is 3.06. The van der Waals surface area contributed by atoms with Crippen molar-refractivity contribution in [3.63, 3.8) is 0 Å². The third-order valence-electron chi connectivity index (χ3n) is 5.12. The molecule has 1 aromatic carbocycles. The molecule has 2 bridgehead atoms. The summed E-state index contributed by atoms with van der Waals surface area (Å²) in [6.07, 6.45) is -2.37. The van der Waals surface area contributed by atoms with Crippen LogP contribution in [0.2, 0.25) is 0 Å². The molecule has 0 spiro atoms. The molecular formula is C16H17F4N3O. The normalized spacial score (nSPS) is 28.8. The standard InChI is InChI=1S/C16H17F4N3O/c17-11-4-3-9(6-10(11)16(18,19)20)12-7-1-2-8(5-7)13(12)14(24)23-15(21)22/h3-4,6-8,12-13H,1-2,5H2,(H4,21,22,23,24)/t7?,8?,12-,13+/m0/s1. The molecule has 0 saturated heterocycles. The maximum absolute atomic E-state index is 13.5. The van der Waals surface area contributed by atoms with Crippen molar-refractivity contribution in [1.82, 2.24) is 0 Å². The average molecular weight is 343 g/mol. The largest absolute Gasteiger partial charge is 0.419 e. The first-order valence-corrected chi connectivity index (χ1v) is 7.68. The SMILES string of the molecule is NC(N)=NC(=O)[C@@H]1C2CCC(C2)[C@H]1c1ccc(F)c(C(F)(F)F)c1. The molecule has 4 N–H and O–H groups in total. The fraction of sp³-hybridized carbons (Fsp3) is 0.500. The monoisotopic (exact) mass is 343 g/mol. The number of carbonyl (C=O) groups is 1. The first-order chi connectivity index (χ1) is 11.2. The summed E-state index contributed by atoms with van der Waals surface area (Å²) < 4.78 is 52.4. The fourth-order valence-electron chi connectivity index (χ4n) is 4.30. The number of alkyl halides is 3. The fourth-order valence-corrected chi connectivity index (χ4v) is 4.30. The van der Waals surface area contributed by atoms with Crippen LogP contribution in [-0.2, 0) is 11.0 Å². The van der Waals surface area contributed by atoms with E-state index in [1.165, 1.54) is 6.07 Å². The summed E-state index contributed by atoms with van der Waals surface area (Å²) in [7, 11) is 0. The number of fused-ring (bicyclic) bond motifs is 2. The lowest BCUT2D eigenvalue weighted by Gasteiger charge is -2.29. The number of hydrogen-bond donors (Lipinski definition) is 2. The van der Waals surface area contributed by atoms with E-state index in [0.29, 0.717) is 5.56 Å². The van der Waals surface area contributed by atoms with E-state index in [0.717, 1.165) is 31.4 Å². The molecule has 2 aliphatic carbocycles. The highest BCUT2D eigenvalue weighted by Gasteiger charge is 2.51. The van der Waals surface area contributed by atoms with Gasteiger partial charge < -0.3 is 11.5 Å². The minimum atomic E-state index is -4.78. The van der Waals surface area contributed by atoms with Crippen LogP contribution in [0.4, 0.5) is 17.6 Å². The summed E-state index contributed by atoms with van der Waals surface area (Å²) >= 11 is 0. The number of guanidine groups is 1. The van der Waals surface area contributed by atoms with Crippen LogP contribution in [0, 0.1) is 23.6 Å². The highest BCUT2D eigenvalue weighted by atomic mass is 19.4. The second-order valence-electron chi connectivity index (χ2n) is 6.50. The van der Waals surface area contributed by atoms with Gasteiger partial charge in [-0.15, -0.1) is 0 Å². The van der Waals surface area contributed by atoms with Gasteiger partial charge in [-0.25, -0.2) is 4.39 Å². The van der Waals surface area contributed by atoms with Crippen LogP contribution in [-0.4, -0.2) is 11.9 Å². The molecule has 3 rings (SSSR count). The van der Waals surface area contributed by atoms with Crippen LogP contribution in [0.3, 0.4) is 0 Å². The Labute approximate surface area is 135 Å². The summed E-state index contributed by atoms with van der Waals surface area (Å²) in [4.78, 5) is 15.9. The molecule has 1 aromatic rings. The summed E-state index contributed by atoms with van der Waals surface area (Å²) in [5.74, 6) is -3.03. The Morgan fingerprint density at radius 3 is 2.46 bits per heavy atom. The summed E-state index contributed by atoms with van der Waals surface area (Å²) in [5, 5.41) is 0. The Morgan fingerprint density at radius 1 is 1.17 bits per heavy atom. The van der Waals surface area contributed by atoms with E-state index in [1.807, 2.05) is 0 Å². The smallest absolute Gasteiger partial charge is 0.370 e. The summed E-state index contributed by atoms with van der Waals surface area (Å²) in [6, 6.07) is 2.95. The lowest BCUT2D eigenvalue weighted by molar-refractivity contribution is -0.140. The quantitative estimate of drug-likeness (QED) is 0.492. The van der Waals surface area contributed by atoms with Gasteiger partial charge in [0.05, 0.1) is 11.5 Å². The van der Waals surface area contributed by atoms with E-state index in [2.05, 4.69) is 4.99 Å². The summed E-state index contributed by atoms with van der Waals surface area (Å²) in [5.41, 5.74) is 9.52. The summed E-state index contributed by atoms with van der Waals surface area (Å²) in [6.45, 7) is 0. The minimum Gasteiger partial charge on any atom is -0.370 e. The van der Waals surface area contributed by atoms with Crippen LogP contribution < -0.4 is 11.5 Å².